The number of allylic oxidation sites excluding steroid dienone is 8. The molecule has 0 aliphatic heterocycles. The maximum absolute atomic E-state index is 2.37. The summed E-state index contributed by atoms with van der Waals surface area (Å²) in [5, 5.41) is 0. The maximum Gasteiger partial charge on any atom is 0.293 e. The summed E-state index contributed by atoms with van der Waals surface area (Å²) < 4.78 is 1.70. The third-order valence-electron chi connectivity index (χ3n) is 2.20. The largest absolute Gasteiger partial charge is 0.293 e. The normalized spacial score (nSPS) is 14.6. The Bertz CT molecular complexity index is 260. The Morgan fingerprint density at radius 2 is 1.56 bits per heavy atom. The first-order valence-electron chi connectivity index (χ1n) is 6.39. The molecule has 86 valence electrons. The van der Waals surface area contributed by atoms with Gasteiger partial charge in [0.1, 0.15) is 0 Å². The third-order valence-corrected chi connectivity index (χ3v) is 4.11. The van der Waals surface area contributed by atoms with Crippen molar-refractivity contribution < 1.29 is 0 Å². The van der Waals surface area contributed by atoms with E-state index in [9.17, 15) is 0 Å². The number of rotatable bonds is 1. The van der Waals surface area contributed by atoms with E-state index in [0.29, 0.717) is 15.2 Å². The van der Waals surface area contributed by atoms with Crippen molar-refractivity contribution in [3.05, 3.63) is 47.0 Å². The van der Waals surface area contributed by atoms with Crippen molar-refractivity contribution in [3.63, 3.8) is 0 Å². The number of hydrogen-bond acceptors (Lipinski definition) is 0. The zero-order valence-electron chi connectivity index (χ0n) is 11.2. The Kier molecular flexibility index (Phi) is 11.5. The lowest BCUT2D eigenvalue weighted by Gasteiger charge is -1.96. The molecule has 0 aromatic carbocycles. The first-order chi connectivity index (χ1) is 7.72. The molecule has 0 bridgehead atoms. The Morgan fingerprint density at radius 3 is 1.75 bits per heavy atom. The van der Waals surface area contributed by atoms with E-state index in [2.05, 4.69) is 65.7 Å². The molecule has 0 saturated carbocycles. The van der Waals surface area contributed by atoms with Gasteiger partial charge in [0.05, 0.1) is 0 Å². The minimum atomic E-state index is -0.424. The van der Waals surface area contributed by atoms with Gasteiger partial charge in [-0.05, 0) is 12.8 Å². The van der Waals surface area contributed by atoms with E-state index in [1.165, 1.54) is 6.42 Å². The standard InChI is InChI=1S/C5H6.C5H5.4CH3.2Al.H/c2*1-2-4-5-3-1;;;;;;;/h1-4H,5H2;1-3H,4H2;4*1H3;;;. The topological polar surface area (TPSA) is 0 Å². The van der Waals surface area contributed by atoms with Gasteiger partial charge in [-0.25, -0.2) is 0 Å². The molecule has 0 unspecified atom stereocenters. The van der Waals surface area contributed by atoms with Crippen LogP contribution in [0.3, 0.4) is 0 Å². The van der Waals surface area contributed by atoms with Crippen LogP contribution in [0.2, 0.25) is 23.1 Å². The summed E-state index contributed by atoms with van der Waals surface area (Å²) in [4.78, 5) is 0. The molecule has 0 aromatic rings. The SMILES string of the molecule is C1=CCC=C1.[CH3][AlH][CH3].[CH3][Al]([CH3])[C]1=CC=CC1. The van der Waals surface area contributed by atoms with Crippen LogP contribution >= 0.6 is 0 Å². The van der Waals surface area contributed by atoms with Gasteiger partial charge in [-0.15, -0.1) is 27.6 Å². The van der Waals surface area contributed by atoms with Crippen molar-refractivity contribution in [1.82, 2.24) is 0 Å². The fourth-order valence-corrected chi connectivity index (χ4v) is 2.39. The van der Waals surface area contributed by atoms with Crippen molar-refractivity contribution in [1.29, 1.82) is 0 Å². The monoisotopic (exact) mass is 246 g/mol. The van der Waals surface area contributed by atoms with Crippen molar-refractivity contribution in [2.75, 3.05) is 0 Å². The van der Waals surface area contributed by atoms with Crippen LogP contribution in [0, 0.1) is 0 Å². The quantitative estimate of drug-likeness (QED) is 0.609. The molecule has 2 heteroatoms. The Labute approximate surface area is 112 Å². The third kappa shape index (κ3) is 9.27. The van der Waals surface area contributed by atoms with Crippen LogP contribution < -0.4 is 0 Å². The highest BCUT2D eigenvalue weighted by molar-refractivity contribution is 6.64. The van der Waals surface area contributed by atoms with E-state index in [4.69, 9.17) is 0 Å². The summed E-state index contributed by atoms with van der Waals surface area (Å²) in [5.41, 5.74) is 0. The zero-order chi connectivity index (χ0) is 12.2. The highest BCUT2D eigenvalue weighted by Crippen LogP contribution is 2.12. The number of hydrogen-bond donors (Lipinski definition) is 0. The molecule has 0 aromatic heterocycles. The van der Waals surface area contributed by atoms with E-state index < -0.39 is 14.1 Å². The average Bonchev–Trinajstić information content (AvgIpc) is 2.96. The molecule has 0 heterocycles. The van der Waals surface area contributed by atoms with E-state index in [-0.39, 0.29) is 0 Å². The van der Waals surface area contributed by atoms with Gasteiger partial charge < -0.3 is 0 Å². The zero-order valence-corrected chi connectivity index (χ0v) is 13.8. The Morgan fingerprint density at radius 1 is 1.00 bits per heavy atom. The fourth-order valence-electron chi connectivity index (χ4n) is 1.28. The molecule has 0 atom stereocenters. The van der Waals surface area contributed by atoms with Gasteiger partial charge in [0.15, 0.2) is 0 Å². The second kappa shape index (κ2) is 11.5. The molecule has 0 nitrogen and oxygen atoms in total. The molecule has 0 spiro atoms. The Balaban J connectivity index is 0.000000241. The summed E-state index contributed by atoms with van der Waals surface area (Å²) in [6, 6.07) is 0. The fraction of sp³-hybridized carbons (Fsp3) is 0.429. The highest BCUT2D eigenvalue weighted by atomic mass is 27.2. The van der Waals surface area contributed by atoms with E-state index in [1.807, 2.05) is 0 Å². The molecule has 2 aliphatic carbocycles. The van der Waals surface area contributed by atoms with Crippen molar-refractivity contribution in [2.24, 2.45) is 0 Å². The van der Waals surface area contributed by atoms with Gasteiger partial charge in [0, 0.05) is 0 Å². The molecule has 0 amide bonds. The lowest BCUT2D eigenvalue weighted by molar-refractivity contribution is 1.38. The van der Waals surface area contributed by atoms with Crippen LogP contribution in [-0.2, 0) is 0 Å². The van der Waals surface area contributed by atoms with Crippen LogP contribution in [0.1, 0.15) is 12.8 Å². The molecule has 16 heavy (non-hydrogen) atoms. The summed E-state index contributed by atoms with van der Waals surface area (Å²) in [6.07, 6.45) is 17.4. The van der Waals surface area contributed by atoms with Gasteiger partial charge in [-0.3, -0.25) is 0 Å². The lowest BCUT2D eigenvalue weighted by atomic mass is 10.5. The smallest absolute Gasteiger partial charge is 0.128 e. The summed E-state index contributed by atoms with van der Waals surface area (Å²) in [7, 11) is 0. The summed E-state index contributed by atoms with van der Waals surface area (Å²) in [6.45, 7) is 0. The van der Waals surface area contributed by atoms with E-state index >= 15 is 0 Å². The minimum Gasteiger partial charge on any atom is -0.128 e. The van der Waals surface area contributed by atoms with Crippen LogP contribution in [0.5, 0.6) is 0 Å². The predicted octanol–water partition coefficient (Wildman–Crippen LogP) is 4.19. The van der Waals surface area contributed by atoms with Crippen molar-refractivity contribution >= 4 is 29.4 Å². The molecule has 2 aliphatic rings. The second-order valence-electron chi connectivity index (χ2n) is 4.33. The van der Waals surface area contributed by atoms with Gasteiger partial charge in [0.2, 0.25) is 15.2 Å². The van der Waals surface area contributed by atoms with Crippen LogP contribution in [0.4, 0.5) is 0 Å². The molecule has 0 fully saturated rings. The summed E-state index contributed by atoms with van der Waals surface area (Å²) >= 11 is -0.00772. The molecular formula is C14H24Al2. The lowest BCUT2D eigenvalue weighted by Crippen LogP contribution is -2.02. The van der Waals surface area contributed by atoms with E-state index in [0.717, 1.165) is 6.42 Å². The molecule has 0 N–H and O–H groups in total. The molecule has 2 rings (SSSR count). The van der Waals surface area contributed by atoms with Crippen LogP contribution in [0.15, 0.2) is 47.0 Å². The minimum absolute atomic E-state index is 0.417. The van der Waals surface area contributed by atoms with Gasteiger partial charge in [0.25, 0.3) is 14.1 Å². The molecular weight excluding hydrogens is 222 g/mol. The predicted molar refractivity (Wildman–Crippen MR) is 81.1 cm³/mol. The first-order valence-corrected chi connectivity index (χ1v) is 12.1. The van der Waals surface area contributed by atoms with Crippen LogP contribution in [0.25, 0.3) is 0 Å². The van der Waals surface area contributed by atoms with Crippen LogP contribution in [-0.4, -0.2) is 29.4 Å². The van der Waals surface area contributed by atoms with Gasteiger partial charge in [-0.2, -0.15) is 0 Å². The van der Waals surface area contributed by atoms with Crippen molar-refractivity contribution in [2.45, 2.75) is 36.0 Å². The first kappa shape index (κ1) is 16.0. The molecule has 0 saturated heterocycles. The molecule has 0 radical (unpaired) electrons. The van der Waals surface area contributed by atoms with E-state index in [1.54, 1.807) is 4.44 Å². The maximum atomic E-state index is 2.37. The van der Waals surface area contributed by atoms with Crippen molar-refractivity contribution in [3.8, 4) is 0 Å². The average molecular weight is 246 g/mol. The highest BCUT2D eigenvalue weighted by Gasteiger charge is 2.08. The van der Waals surface area contributed by atoms with Gasteiger partial charge in [-0.1, -0.05) is 42.5 Å². The Hall–Kier alpha value is 0.0249. The van der Waals surface area contributed by atoms with Gasteiger partial charge >= 0.3 is 0 Å². The second-order valence-corrected chi connectivity index (χ2v) is 8.79. The summed E-state index contributed by atoms with van der Waals surface area (Å²) in [5.74, 6) is 9.28.